The maximum Gasteiger partial charge on any atom is 0.0627 e. The summed E-state index contributed by atoms with van der Waals surface area (Å²) in [6.07, 6.45) is 8.79. The predicted octanol–water partition coefficient (Wildman–Crippen LogP) is 3.52. The van der Waals surface area contributed by atoms with E-state index in [9.17, 15) is 0 Å². The Balaban J connectivity index is 2.18. The molecule has 0 bridgehead atoms. The molecule has 17 heavy (non-hydrogen) atoms. The van der Waals surface area contributed by atoms with Crippen molar-refractivity contribution in [2.45, 2.75) is 58.8 Å². The Labute approximate surface area is 106 Å². The van der Waals surface area contributed by atoms with Gasteiger partial charge in [0.05, 0.1) is 5.71 Å². The van der Waals surface area contributed by atoms with Crippen LogP contribution in [0.3, 0.4) is 0 Å². The average Bonchev–Trinajstić information content (AvgIpc) is 2.38. The van der Waals surface area contributed by atoms with Crippen LogP contribution in [0.15, 0.2) is 5.16 Å². The minimum atomic E-state index is 0.476. The molecule has 0 aromatic rings. The molecule has 0 aromatic carbocycles. The van der Waals surface area contributed by atoms with Crippen LogP contribution in [0.4, 0.5) is 0 Å². The van der Waals surface area contributed by atoms with Gasteiger partial charge in [-0.2, -0.15) is 0 Å². The van der Waals surface area contributed by atoms with Gasteiger partial charge in [-0.3, -0.25) is 0 Å². The highest BCUT2D eigenvalue weighted by molar-refractivity contribution is 5.87. The second kappa shape index (κ2) is 8.51. The van der Waals surface area contributed by atoms with E-state index < -0.39 is 0 Å². The molecule has 1 N–H and O–H groups in total. The lowest BCUT2D eigenvalue weighted by atomic mass is 9.93. The van der Waals surface area contributed by atoms with Gasteiger partial charge in [0.1, 0.15) is 0 Å². The van der Waals surface area contributed by atoms with Crippen LogP contribution in [-0.4, -0.2) is 35.5 Å². The van der Waals surface area contributed by atoms with E-state index in [-0.39, 0.29) is 0 Å². The highest BCUT2D eigenvalue weighted by atomic mass is 16.4. The number of rotatable bonds is 7. The third-order valence-corrected chi connectivity index (χ3v) is 3.83. The average molecular weight is 240 g/mol. The number of nitrogens with zero attached hydrogens (tertiary/aromatic N) is 2. The molecule has 0 amide bonds. The van der Waals surface area contributed by atoms with Gasteiger partial charge >= 0.3 is 0 Å². The molecule has 1 fully saturated rings. The molecule has 1 saturated heterocycles. The van der Waals surface area contributed by atoms with Gasteiger partial charge in [-0.25, -0.2) is 0 Å². The molecule has 0 radical (unpaired) electrons. The summed E-state index contributed by atoms with van der Waals surface area (Å²) in [6, 6.07) is 0. The lowest BCUT2D eigenvalue weighted by molar-refractivity contribution is 0.223. The van der Waals surface area contributed by atoms with E-state index in [1.807, 2.05) is 0 Å². The Bertz CT molecular complexity index is 228. The highest BCUT2D eigenvalue weighted by Gasteiger charge is 2.23. The standard InChI is InChI=1S/C14H28N2O/c1-3-5-6-7-8-10-16-11-9-14(15-17)13(4-2)12-16/h13,17H,3-12H2,1-2H3. The van der Waals surface area contributed by atoms with Crippen molar-refractivity contribution in [1.29, 1.82) is 0 Å². The van der Waals surface area contributed by atoms with Crippen LogP contribution in [0, 0.1) is 5.92 Å². The van der Waals surface area contributed by atoms with Crippen molar-refractivity contribution in [2.24, 2.45) is 11.1 Å². The fourth-order valence-corrected chi connectivity index (χ4v) is 2.62. The van der Waals surface area contributed by atoms with Crippen LogP contribution in [0.2, 0.25) is 0 Å². The van der Waals surface area contributed by atoms with Crippen molar-refractivity contribution in [1.82, 2.24) is 4.90 Å². The Morgan fingerprint density at radius 2 is 2.00 bits per heavy atom. The summed E-state index contributed by atoms with van der Waals surface area (Å²) in [5, 5.41) is 12.4. The Morgan fingerprint density at radius 3 is 2.65 bits per heavy atom. The summed E-state index contributed by atoms with van der Waals surface area (Å²) in [4.78, 5) is 2.54. The maximum atomic E-state index is 8.92. The number of hydrogen-bond donors (Lipinski definition) is 1. The maximum absolute atomic E-state index is 8.92. The predicted molar refractivity (Wildman–Crippen MR) is 72.8 cm³/mol. The van der Waals surface area contributed by atoms with Crippen LogP contribution in [0.5, 0.6) is 0 Å². The molecule has 1 rings (SSSR count). The van der Waals surface area contributed by atoms with E-state index in [4.69, 9.17) is 5.21 Å². The third-order valence-electron chi connectivity index (χ3n) is 3.83. The summed E-state index contributed by atoms with van der Waals surface area (Å²) in [5.41, 5.74) is 1.01. The Kier molecular flexibility index (Phi) is 7.25. The molecule has 100 valence electrons. The second-order valence-corrected chi connectivity index (χ2v) is 5.16. The molecule has 1 aliphatic rings. The molecule has 0 spiro atoms. The molecule has 3 heteroatoms. The fraction of sp³-hybridized carbons (Fsp3) is 0.929. The van der Waals surface area contributed by atoms with Crippen molar-refractivity contribution in [3.63, 3.8) is 0 Å². The Morgan fingerprint density at radius 1 is 1.24 bits per heavy atom. The summed E-state index contributed by atoms with van der Waals surface area (Å²) < 4.78 is 0. The summed E-state index contributed by atoms with van der Waals surface area (Å²) in [7, 11) is 0. The van der Waals surface area contributed by atoms with Crippen molar-refractivity contribution in [3.8, 4) is 0 Å². The lowest BCUT2D eigenvalue weighted by Crippen LogP contribution is -2.41. The molecular formula is C14H28N2O. The number of oxime groups is 1. The number of unbranched alkanes of at least 4 members (excludes halogenated alkanes) is 4. The largest absolute Gasteiger partial charge is 0.411 e. The van der Waals surface area contributed by atoms with Gasteiger partial charge < -0.3 is 10.1 Å². The zero-order valence-electron chi connectivity index (χ0n) is 11.5. The third kappa shape index (κ3) is 5.07. The van der Waals surface area contributed by atoms with Crippen LogP contribution < -0.4 is 0 Å². The number of hydrogen-bond acceptors (Lipinski definition) is 3. The normalized spacial score (nSPS) is 24.4. The highest BCUT2D eigenvalue weighted by Crippen LogP contribution is 2.18. The van der Waals surface area contributed by atoms with E-state index in [0.29, 0.717) is 5.92 Å². The second-order valence-electron chi connectivity index (χ2n) is 5.16. The van der Waals surface area contributed by atoms with E-state index in [1.54, 1.807) is 0 Å². The first-order valence-electron chi connectivity index (χ1n) is 7.25. The molecule has 1 unspecified atom stereocenters. The minimum absolute atomic E-state index is 0.476. The van der Waals surface area contributed by atoms with Gasteiger partial charge in [-0.15, -0.1) is 0 Å². The van der Waals surface area contributed by atoms with Gasteiger partial charge in [-0.05, 0) is 19.4 Å². The molecule has 1 heterocycles. The van der Waals surface area contributed by atoms with E-state index in [1.165, 1.54) is 38.6 Å². The van der Waals surface area contributed by atoms with E-state index >= 15 is 0 Å². The van der Waals surface area contributed by atoms with Crippen LogP contribution in [0.25, 0.3) is 0 Å². The zero-order chi connectivity index (χ0) is 12.5. The number of likely N-dealkylation sites (tertiary alicyclic amines) is 1. The quantitative estimate of drug-likeness (QED) is 0.420. The van der Waals surface area contributed by atoms with Crippen molar-refractivity contribution in [3.05, 3.63) is 0 Å². The molecule has 1 atom stereocenters. The first kappa shape index (κ1) is 14.5. The van der Waals surface area contributed by atoms with Crippen molar-refractivity contribution >= 4 is 5.71 Å². The van der Waals surface area contributed by atoms with Crippen LogP contribution in [0.1, 0.15) is 58.8 Å². The molecule has 0 saturated carbocycles. The molecule has 0 aliphatic carbocycles. The van der Waals surface area contributed by atoms with Crippen molar-refractivity contribution < 1.29 is 5.21 Å². The number of piperidine rings is 1. The lowest BCUT2D eigenvalue weighted by Gasteiger charge is -2.32. The molecule has 1 aliphatic heterocycles. The summed E-state index contributed by atoms with van der Waals surface area (Å²) in [5.74, 6) is 0.476. The monoisotopic (exact) mass is 240 g/mol. The first-order valence-corrected chi connectivity index (χ1v) is 7.25. The van der Waals surface area contributed by atoms with Crippen LogP contribution in [-0.2, 0) is 0 Å². The topological polar surface area (TPSA) is 35.8 Å². The smallest absolute Gasteiger partial charge is 0.0627 e. The zero-order valence-corrected chi connectivity index (χ0v) is 11.5. The van der Waals surface area contributed by atoms with Gasteiger partial charge in [0, 0.05) is 25.4 Å². The van der Waals surface area contributed by atoms with Gasteiger partial charge in [0.2, 0.25) is 0 Å². The van der Waals surface area contributed by atoms with Crippen LogP contribution >= 0.6 is 0 Å². The first-order chi connectivity index (χ1) is 8.31. The SMILES string of the molecule is CCCCCCCN1CCC(=NO)C(CC)C1. The van der Waals surface area contributed by atoms with Crippen molar-refractivity contribution in [2.75, 3.05) is 19.6 Å². The summed E-state index contributed by atoms with van der Waals surface area (Å²) >= 11 is 0. The van der Waals surface area contributed by atoms with Gasteiger partial charge in [0.15, 0.2) is 0 Å². The van der Waals surface area contributed by atoms with E-state index in [0.717, 1.165) is 31.6 Å². The minimum Gasteiger partial charge on any atom is -0.411 e. The van der Waals surface area contributed by atoms with Gasteiger partial charge in [0.25, 0.3) is 0 Å². The van der Waals surface area contributed by atoms with Gasteiger partial charge in [-0.1, -0.05) is 44.7 Å². The molecule has 3 nitrogen and oxygen atoms in total. The fourth-order valence-electron chi connectivity index (χ4n) is 2.62. The van der Waals surface area contributed by atoms with E-state index in [2.05, 4.69) is 23.9 Å². The molecule has 0 aromatic heterocycles. The molecular weight excluding hydrogens is 212 g/mol. The Hall–Kier alpha value is -0.570. The summed E-state index contributed by atoms with van der Waals surface area (Å²) in [6.45, 7) is 7.82.